The van der Waals surface area contributed by atoms with E-state index in [4.69, 9.17) is 5.26 Å². The van der Waals surface area contributed by atoms with Crippen LogP contribution >= 0.6 is 0 Å². The summed E-state index contributed by atoms with van der Waals surface area (Å²) >= 11 is 0. The highest BCUT2D eigenvalue weighted by Gasteiger charge is 2.16. The molecule has 0 aliphatic rings. The van der Waals surface area contributed by atoms with Gasteiger partial charge in [-0.3, -0.25) is 10.1 Å². The van der Waals surface area contributed by atoms with Gasteiger partial charge in [-0.25, -0.2) is 8.78 Å². The second-order valence-electron chi connectivity index (χ2n) is 4.24. The first-order valence-corrected chi connectivity index (χ1v) is 5.79. The summed E-state index contributed by atoms with van der Waals surface area (Å²) in [5.74, 6) is -1.65. The van der Waals surface area contributed by atoms with Gasteiger partial charge >= 0.3 is 0 Å². The fraction of sp³-hybridized carbons (Fsp3) is 0.385. The number of benzene rings is 1. The molecule has 1 aromatic rings. The van der Waals surface area contributed by atoms with E-state index >= 15 is 0 Å². The van der Waals surface area contributed by atoms with E-state index in [0.717, 1.165) is 12.1 Å². The van der Waals surface area contributed by atoms with Crippen LogP contribution in [0.4, 0.5) is 8.78 Å². The molecule has 2 unspecified atom stereocenters. The van der Waals surface area contributed by atoms with Crippen molar-refractivity contribution < 1.29 is 13.6 Å². The van der Waals surface area contributed by atoms with Crippen molar-refractivity contribution in [2.45, 2.75) is 25.9 Å². The van der Waals surface area contributed by atoms with Crippen molar-refractivity contribution >= 4 is 5.91 Å². The predicted molar refractivity (Wildman–Crippen MR) is 66.0 cm³/mol. The van der Waals surface area contributed by atoms with Gasteiger partial charge in [0.1, 0.15) is 17.7 Å². The number of nitrogens with one attached hydrogen (secondary N) is 2. The maximum absolute atomic E-state index is 13.5. The number of nitriles is 1. The first kappa shape index (κ1) is 15.1. The van der Waals surface area contributed by atoms with Gasteiger partial charge in [-0.2, -0.15) is 5.26 Å². The summed E-state index contributed by atoms with van der Waals surface area (Å²) in [7, 11) is 0. The van der Waals surface area contributed by atoms with Gasteiger partial charge in [0, 0.05) is 31.1 Å². The molecule has 2 N–H and O–H groups in total. The van der Waals surface area contributed by atoms with Crippen molar-refractivity contribution in [2.75, 3.05) is 6.54 Å². The molecule has 102 valence electrons. The lowest BCUT2D eigenvalue weighted by atomic mass is 10.1. The molecule has 0 aliphatic heterocycles. The van der Waals surface area contributed by atoms with Gasteiger partial charge in [-0.1, -0.05) is 6.07 Å². The SMILES string of the molecule is CC(=O)NC(C)CNC(C#N)c1ccc(F)cc1F. The average Bonchev–Trinajstić information content (AvgIpc) is 2.31. The van der Waals surface area contributed by atoms with Gasteiger partial charge < -0.3 is 5.32 Å². The van der Waals surface area contributed by atoms with E-state index in [1.807, 2.05) is 6.07 Å². The summed E-state index contributed by atoms with van der Waals surface area (Å²) in [6.45, 7) is 3.44. The molecule has 0 saturated heterocycles. The summed E-state index contributed by atoms with van der Waals surface area (Å²) in [5, 5.41) is 14.5. The maximum atomic E-state index is 13.5. The number of nitrogens with zero attached hydrogens (tertiary/aromatic N) is 1. The van der Waals surface area contributed by atoms with Crippen molar-refractivity contribution in [2.24, 2.45) is 0 Å². The van der Waals surface area contributed by atoms with Gasteiger partial charge in [0.05, 0.1) is 6.07 Å². The Hall–Kier alpha value is -2.00. The van der Waals surface area contributed by atoms with E-state index in [1.165, 1.54) is 13.0 Å². The molecule has 19 heavy (non-hydrogen) atoms. The Morgan fingerprint density at radius 2 is 2.16 bits per heavy atom. The van der Waals surface area contributed by atoms with Crippen LogP contribution in [-0.2, 0) is 4.79 Å². The smallest absolute Gasteiger partial charge is 0.217 e. The molecule has 1 aromatic carbocycles. The van der Waals surface area contributed by atoms with Crippen LogP contribution in [0.25, 0.3) is 0 Å². The van der Waals surface area contributed by atoms with E-state index < -0.39 is 17.7 Å². The van der Waals surface area contributed by atoms with Crippen LogP contribution < -0.4 is 10.6 Å². The molecule has 0 aromatic heterocycles. The molecule has 0 heterocycles. The van der Waals surface area contributed by atoms with Crippen LogP contribution in [0.2, 0.25) is 0 Å². The molecule has 0 fully saturated rings. The molecule has 0 spiro atoms. The molecule has 0 aliphatic carbocycles. The lowest BCUT2D eigenvalue weighted by Gasteiger charge is -2.17. The number of hydrogen-bond donors (Lipinski definition) is 2. The highest BCUT2D eigenvalue weighted by molar-refractivity contribution is 5.73. The fourth-order valence-corrected chi connectivity index (χ4v) is 1.65. The molecular weight excluding hydrogens is 252 g/mol. The largest absolute Gasteiger partial charge is 0.353 e. The van der Waals surface area contributed by atoms with Crippen LogP contribution in [0.15, 0.2) is 18.2 Å². The minimum Gasteiger partial charge on any atom is -0.353 e. The number of carbonyl (C=O) groups is 1. The monoisotopic (exact) mass is 267 g/mol. The third kappa shape index (κ3) is 4.64. The molecular formula is C13H15F2N3O. The molecule has 2 atom stereocenters. The van der Waals surface area contributed by atoms with Crippen LogP contribution in [0.3, 0.4) is 0 Å². The predicted octanol–water partition coefficient (Wildman–Crippen LogP) is 1.64. The topological polar surface area (TPSA) is 64.9 Å². The zero-order valence-corrected chi connectivity index (χ0v) is 10.7. The molecule has 0 bridgehead atoms. The minimum atomic E-state index is -0.892. The zero-order valence-electron chi connectivity index (χ0n) is 10.7. The van der Waals surface area contributed by atoms with E-state index in [-0.39, 0.29) is 17.5 Å². The average molecular weight is 267 g/mol. The summed E-state index contributed by atoms with van der Waals surface area (Å²) < 4.78 is 26.3. The second kappa shape index (κ2) is 6.81. The molecule has 0 saturated carbocycles. The Balaban J connectivity index is 2.69. The minimum absolute atomic E-state index is 0.0823. The quantitative estimate of drug-likeness (QED) is 0.852. The van der Waals surface area contributed by atoms with E-state index in [1.54, 1.807) is 6.92 Å². The normalized spacial score (nSPS) is 13.4. The summed E-state index contributed by atoms with van der Waals surface area (Å²) in [6.07, 6.45) is 0. The third-order valence-corrected chi connectivity index (χ3v) is 2.48. The first-order chi connectivity index (χ1) is 8.93. The number of rotatable bonds is 5. The van der Waals surface area contributed by atoms with Gasteiger partial charge in [0.2, 0.25) is 5.91 Å². The highest BCUT2D eigenvalue weighted by Crippen LogP contribution is 2.17. The number of halogens is 2. The van der Waals surface area contributed by atoms with Crippen molar-refractivity contribution in [3.8, 4) is 6.07 Å². The van der Waals surface area contributed by atoms with Crippen molar-refractivity contribution in [3.05, 3.63) is 35.4 Å². The van der Waals surface area contributed by atoms with Crippen LogP contribution in [0.1, 0.15) is 25.5 Å². The lowest BCUT2D eigenvalue weighted by Crippen LogP contribution is -2.39. The Labute approximate surface area is 110 Å². The molecule has 4 nitrogen and oxygen atoms in total. The van der Waals surface area contributed by atoms with E-state index in [0.29, 0.717) is 6.54 Å². The lowest BCUT2D eigenvalue weighted by molar-refractivity contribution is -0.119. The number of amides is 1. The molecule has 1 rings (SSSR count). The second-order valence-corrected chi connectivity index (χ2v) is 4.24. The van der Waals surface area contributed by atoms with Crippen LogP contribution in [-0.4, -0.2) is 18.5 Å². The van der Waals surface area contributed by atoms with Gasteiger partial charge in [0.25, 0.3) is 0 Å². The summed E-state index contributed by atoms with van der Waals surface area (Å²) in [5.41, 5.74) is 0.0823. The standard InChI is InChI=1S/C13H15F2N3O/c1-8(18-9(2)19)7-17-13(6-16)11-4-3-10(14)5-12(11)15/h3-5,8,13,17H,7H2,1-2H3,(H,18,19). The van der Waals surface area contributed by atoms with Gasteiger partial charge in [-0.15, -0.1) is 0 Å². The highest BCUT2D eigenvalue weighted by atomic mass is 19.1. The summed E-state index contributed by atoms with van der Waals surface area (Å²) in [4.78, 5) is 10.8. The van der Waals surface area contributed by atoms with Gasteiger partial charge in [0.15, 0.2) is 0 Å². The van der Waals surface area contributed by atoms with Crippen LogP contribution in [0, 0.1) is 23.0 Å². The zero-order chi connectivity index (χ0) is 14.4. The van der Waals surface area contributed by atoms with Crippen molar-refractivity contribution in [3.63, 3.8) is 0 Å². The number of carbonyl (C=O) groups excluding carboxylic acids is 1. The Morgan fingerprint density at radius 1 is 1.47 bits per heavy atom. The summed E-state index contributed by atoms with van der Waals surface area (Å²) in [6, 6.07) is 3.88. The number of hydrogen-bond acceptors (Lipinski definition) is 3. The molecule has 1 amide bonds. The van der Waals surface area contributed by atoms with E-state index in [2.05, 4.69) is 10.6 Å². The molecule has 6 heteroatoms. The first-order valence-electron chi connectivity index (χ1n) is 5.79. The maximum Gasteiger partial charge on any atom is 0.217 e. The van der Waals surface area contributed by atoms with E-state index in [9.17, 15) is 13.6 Å². The van der Waals surface area contributed by atoms with Crippen molar-refractivity contribution in [1.29, 1.82) is 5.26 Å². The third-order valence-electron chi connectivity index (χ3n) is 2.48. The molecule has 0 radical (unpaired) electrons. The Kier molecular flexibility index (Phi) is 5.39. The Bertz CT molecular complexity index is 499. The van der Waals surface area contributed by atoms with Gasteiger partial charge in [-0.05, 0) is 13.0 Å². The van der Waals surface area contributed by atoms with Crippen molar-refractivity contribution in [1.82, 2.24) is 10.6 Å². The Morgan fingerprint density at radius 3 is 2.68 bits per heavy atom. The fourth-order valence-electron chi connectivity index (χ4n) is 1.65. The van der Waals surface area contributed by atoms with Crippen LogP contribution in [0.5, 0.6) is 0 Å².